The van der Waals surface area contributed by atoms with Gasteiger partial charge in [0, 0.05) is 50.2 Å². The summed E-state index contributed by atoms with van der Waals surface area (Å²) in [6.07, 6.45) is 2.72. The molecule has 0 aliphatic carbocycles. The van der Waals surface area contributed by atoms with Crippen molar-refractivity contribution < 1.29 is 9.18 Å². The molecule has 7 heteroatoms. The van der Waals surface area contributed by atoms with E-state index in [-0.39, 0.29) is 11.7 Å². The van der Waals surface area contributed by atoms with Crippen LogP contribution in [0.2, 0.25) is 0 Å². The predicted molar refractivity (Wildman–Crippen MR) is 98.3 cm³/mol. The molecule has 2 N–H and O–H groups in total. The van der Waals surface area contributed by atoms with E-state index in [0.29, 0.717) is 16.7 Å². The number of carbonyl (C=O) groups is 1. The zero-order valence-corrected chi connectivity index (χ0v) is 15.3. The summed E-state index contributed by atoms with van der Waals surface area (Å²) in [6.45, 7) is 6.96. The van der Waals surface area contributed by atoms with Gasteiger partial charge in [-0.05, 0) is 30.5 Å². The topological polar surface area (TPSA) is 57.3 Å². The number of amides is 1. The molecule has 5 nitrogen and oxygen atoms in total. The number of carbonyl (C=O) groups excluding carboxylic acids is 1. The van der Waals surface area contributed by atoms with Crippen LogP contribution in [0.3, 0.4) is 0 Å². The third kappa shape index (κ3) is 5.07. The highest BCUT2D eigenvalue weighted by atomic mass is 32.1. The summed E-state index contributed by atoms with van der Waals surface area (Å²) in [5.74, 6) is -0.250. The van der Waals surface area contributed by atoms with Crippen LogP contribution < -0.4 is 10.6 Å². The molecule has 2 aromatic rings. The second-order valence-corrected chi connectivity index (χ2v) is 7.60. The normalized spacial score (nSPS) is 18.3. The van der Waals surface area contributed by atoms with Crippen LogP contribution in [-0.2, 0) is 17.8 Å². The molecular formula is C18H23FN4OS. The SMILES string of the molecule is CC(=O)Nc1ncc(CN2CCN[C@H](Cc3ccc(F)c(C)c3)C2)s1. The van der Waals surface area contributed by atoms with E-state index in [0.717, 1.165) is 43.0 Å². The Bertz CT molecular complexity index is 748. The van der Waals surface area contributed by atoms with Gasteiger partial charge in [-0.25, -0.2) is 9.37 Å². The fraction of sp³-hybridized carbons (Fsp3) is 0.444. The number of benzene rings is 1. The standard InChI is InChI=1S/C18H23FN4OS/c1-12-7-14(3-4-17(12)19)8-15-10-23(6-5-20-15)11-16-9-21-18(25-16)22-13(2)24/h3-4,7,9,15,20H,5-6,8,10-11H2,1-2H3,(H,21,22,24)/t15-/m1/s1. The number of piperazine rings is 1. The van der Waals surface area contributed by atoms with Gasteiger partial charge in [0.15, 0.2) is 5.13 Å². The summed E-state index contributed by atoms with van der Waals surface area (Å²) in [5, 5.41) is 6.91. The largest absolute Gasteiger partial charge is 0.311 e. The number of nitrogens with one attached hydrogen (secondary N) is 2. The lowest BCUT2D eigenvalue weighted by molar-refractivity contribution is -0.114. The Balaban J connectivity index is 1.56. The summed E-state index contributed by atoms with van der Waals surface area (Å²) < 4.78 is 13.4. The van der Waals surface area contributed by atoms with Gasteiger partial charge in [0.25, 0.3) is 0 Å². The number of anilines is 1. The number of hydrogen-bond acceptors (Lipinski definition) is 5. The van der Waals surface area contributed by atoms with Gasteiger partial charge in [-0.1, -0.05) is 12.1 Å². The molecule has 0 unspecified atom stereocenters. The van der Waals surface area contributed by atoms with Crippen molar-refractivity contribution in [1.29, 1.82) is 0 Å². The average Bonchev–Trinajstić information content (AvgIpc) is 2.97. The zero-order valence-electron chi connectivity index (χ0n) is 14.5. The van der Waals surface area contributed by atoms with Crippen molar-refractivity contribution in [2.24, 2.45) is 0 Å². The van der Waals surface area contributed by atoms with Crippen molar-refractivity contribution in [2.75, 3.05) is 25.0 Å². The van der Waals surface area contributed by atoms with Gasteiger partial charge in [0.1, 0.15) is 5.82 Å². The number of rotatable bonds is 5. The van der Waals surface area contributed by atoms with E-state index in [1.807, 2.05) is 18.3 Å². The summed E-state index contributed by atoms with van der Waals surface area (Å²) in [5.41, 5.74) is 1.85. The van der Waals surface area contributed by atoms with Gasteiger partial charge in [-0.3, -0.25) is 9.69 Å². The smallest absolute Gasteiger partial charge is 0.223 e. The van der Waals surface area contributed by atoms with Gasteiger partial charge in [0.05, 0.1) is 0 Å². The van der Waals surface area contributed by atoms with E-state index < -0.39 is 0 Å². The highest BCUT2D eigenvalue weighted by molar-refractivity contribution is 7.15. The maximum Gasteiger partial charge on any atom is 0.223 e. The van der Waals surface area contributed by atoms with E-state index in [2.05, 4.69) is 20.5 Å². The minimum absolute atomic E-state index is 0.0993. The first-order valence-corrected chi connectivity index (χ1v) is 9.24. The van der Waals surface area contributed by atoms with E-state index >= 15 is 0 Å². The quantitative estimate of drug-likeness (QED) is 0.858. The molecule has 1 aromatic heterocycles. The van der Waals surface area contributed by atoms with Gasteiger partial charge in [-0.2, -0.15) is 0 Å². The Morgan fingerprint density at radius 2 is 2.36 bits per heavy atom. The number of nitrogens with zero attached hydrogens (tertiary/aromatic N) is 2. The lowest BCUT2D eigenvalue weighted by Crippen LogP contribution is -2.51. The van der Waals surface area contributed by atoms with Crippen molar-refractivity contribution in [2.45, 2.75) is 32.9 Å². The van der Waals surface area contributed by atoms with Crippen LogP contribution in [0.4, 0.5) is 9.52 Å². The third-order valence-corrected chi connectivity index (χ3v) is 5.16. The summed E-state index contributed by atoms with van der Waals surface area (Å²) in [4.78, 5) is 18.9. The highest BCUT2D eigenvalue weighted by Gasteiger charge is 2.20. The molecule has 1 amide bonds. The molecule has 1 aliphatic heterocycles. The fourth-order valence-corrected chi connectivity index (χ4v) is 4.00. The first-order chi connectivity index (χ1) is 12.0. The molecule has 1 saturated heterocycles. The minimum Gasteiger partial charge on any atom is -0.311 e. The molecule has 0 saturated carbocycles. The lowest BCUT2D eigenvalue weighted by atomic mass is 10.0. The van der Waals surface area contributed by atoms with Gasteiger partial charge in [0.2, 0.25) is 5.91 Å². The molecule has 3 rings (SSSR count). The Labute approximate surface area is 151 Å². The first-order valence-electron chi connectivity index (χ1n) is 8.42. The van der Waals surface area contributed by atoms with Crippen molar-refractivity contribution in [3.05, 3.63) is 46.2 Å². The van der Waals surface area contributed by atoms with Crippen molar-refractivity contribution in [1.82, 2.24) is 15.2 Å². The lowest BCUT2D eigenvalue weighted by Gasteiger charge is -2.33. The molecule has 0 radical (unpaired) electrons. The summed E-state index contributed by atoms with van der Waals surface area (Å²) in [6, 6.07) is 5.69. The molecular weight excluding hydrogens is 339 g/mol. The fourth-order valence-electron chi connectivity index (χ4n) is 3.10. The van der Waals surface area contributed by atoms with Gasteiger partial charge < -0.3 is 10.6 Å². The molecule has 1 aromatic carbocycles. The second kappa shape index (κ2) is 8.03. The first kappa shape index (κ1) is 18.0. The summed E-state index contributed by atoms with van der Waals surface area (Å²) >= 11 is 1.52. The predicted octanol–water partition coefficient (Wildman–Crippen LogP) is 2.57. The second-order valence-electron chi connectivity index (χ2n) is 6.49. The molecule has 1 atom stereocenters. The molecule has 1 fully saturated rings. The van der Waals surface area contributed by atoms with Crippen LogP contribution in [0.1, 0.15) is 22.9 Å². The zero-order chi connectivity index (χ0) is 17.8. The number of aryl methyl sites for hydroxylation is 1. The van der Waals surface area contributed by atoms with E-state index in [4.69, 9.17) is 0 Å². The number of hydrogen-bond donors (Lipinski definition) is 2. The monoisotopic (exact) mass is 362 g/mol. The Morgan fingerprint density at radius 3 is 3.12 bits per heavy atom. The van der Waals surface area contributed by atoms with E-state index in [1.165, 1.54) is 18.3 Å². The maximum absolute atomic E-state index is 13.4. The van der Waals surface area contributed by atoms with E-state index in [9.17, 15) is 9.18 Å². The van der Waals surface area contributed by atoms with Crippen LogP contribution in [0.15, 0.2) is 24.4 Å². The van der Waals surface area contributed by atoms with E-state index in [1.54, 1.807) is 13.0 Å². The average molecular weight is 362 g/mol. The third-order valence-electron chi connectivity index (χ3n) is 4.26. The van der Waals surface area contributed by atoms with Crippen molar-refractivity contribution >= 4 is 22.4 Å². The molecule has 134 valence electrons. The minimum atomic E-state index is -0.151. The molecule has 2 heterocycles. The molecule has 0 spiro atoms. The summed E-state index contributed by atoms with van der Waals surface area (Å²) in [7, 11) is 0. The van der Waals surface area contributed by atoms with Crippen molar-refractivity contribution in [3.63, 3.8) is 0 Å². The molecule has 25 heavy (non-hydrogen) atoms. The van der Waals surface area contributed by atoms with Crippen LogP contribution in [0.25, 0.3) is 0 Å². The number of thiazole rings is 1. The molecule has 1 aliphatic rings. The van der Waals surface area contributed by atoms with Gasteiger partial charge in [-0.15, -0.1) is 11.3 Å². The Hall–Kier alpha value is -1.83. The van der Waals surface area contributed by atoms with Crippen LogP contribution in [0.5, 0.6) is 0 Å². The molecule has 0 bridgehead atoms. The van der Waals surface area contributed by atoms with Crippen LogP contribution in [0, 0.1) is 12.7 Å². The highest BCUT2D eigenvalue weighted by Crippen LogP contribution is 2.21. The van der Waals surface area contributed by atoms with Gasteiger partial charge >= 0.3 is 0 Å². The Morgan fingerprint density at radius 1 is 1.52 bits per heavy atom. The maximum atomic E-state index is 13.4. The Kier molecular flexibility index (Phi) is 5.78. The van der Waals surface area contributed by atoms with Crippen LogP contribution >= 0.6 is 11.3 Å². The number of halogens is 1. The van der Waals surface area contributed by atoms with Crippen molar-refractivity contribution in [3.8, 4) is 0 Å². The van der Waals surface area contributed by atoms with Crippen LogP contribution in [-0.4, -0.2) is 41.5 Å². The number of aromatic nitrogens is 1.